The fraction of sp³-hybridized carbons (Fsp3) is 0.875. The summed E-state index contributed by atoms with van der Waals surface area (Å²) in [5.74, 6) is 2.32. The van der Waals surface area contributed by atoms with Crippen LogP contribution in [0.15, 0.2) is 5.16 Å². The monoisotopic (exact) mass is 403 g/mol. The van der Waals surface area contributed by atoms with Gasteiger partial charge in [0.2, 0.25) is 16.0 Å². The van der Waals surface area contributed by atoms with Crippen molar-refractivity contribution < 1.29 is 13.2 Å². The fourth-order valence-electron chi connectivity index (χ4n) is 3.41. The quantitative estimate of drug-likeness (QED) is 0.518. The molecule has 3 rings (SSSR count). The van der Waals surface area contributed by atoms with Crippen LogP contribution in [0.25, 0.3) is 0 Å². The molecule has 1 aromatic rings. The lowest BCUT2D eigenvalue weighted by atomic mass is 10.00. The van der Waals surface area contributed by atoms with Gasteiger partial charge >= 0.3 is 0 Å². The predicted octanol–water partition coefficient (Wildman–Crippen LogP) is 1.46. The van der Waals surface area contributed by atoms with Gasteiger partial charge in [-0.15, -0.1) is 10.2 Å². The summed E-state index contributed by atoms with van der Waals surface area (Å²) in [6, 6.07) is 0. The lowest BCUT2D eigenvalue weighted by molar-refractivity contribution is 0.0951. The Morgan fingerprint density at radius 2 is 2.04 bits per heavy atom. The third kappa shape index (κ3) is 5.58. The summed E-state index contributed by atoms with van der Waals surface area (Å²) in [6.07, 6.45) is 5.21. The van der Waals surface area contributed by atoms with Crippen molar-refractivity contribution in [1.82, 2.24) is 14.8 Å². The van der Waals surface area contributed by atoms with Gasteiger partial charge in [-0.2, -0.15) is 0 Å². The van der Waals surface area contributed by atoms with E-state index in [2.05, 4.69) is 26.6 Å². The minimum absolute atomic E-state index is 0.00323. The van der Waals surface area contributed by atoms with Crippen molar-refractivity contribution in [3.8, 4) is 0 Å². The summed E-state index contributed by atoms with van der Waals surface area (Å²) in [4.78, 5) is 2.32. The molecule has 0 amide bonds. The molecular weight excluding hydrogens is 374 g/mol. The molecule has 8 nitrogen and oxygen atoms in total. The summed E-state index contributed by atoms with van der Waals surface area (Å²) >= 11 is 1.54. The molecule has 1 unspecified atom stereocenters. The van der Waals surface area contributed by atoms with Crippen LogP contribution in [-0.4, -0.2) is 60.5 Å². The van der Waals surface area contributed by atoms with E-state index in [0.29, 0.717) is 12.2 Å². The van der Waals surface area contributed by atoms with Gasteiger partial charge in [-0.1, -0.05) is 18.7 Å². The first kappa shape index (κ1) is 19.9. The number of piperidine rings is 1. The summed E-state index contributed by atoms with van der Waals surface area (Å²) < 4.78 is 30.1. The number of sulfonamides is 1. The van der Waals surface area contributed by atoms with Crippen molar-refractivity contribution in [2.75, 3.05) is 36.1 Å². The van der Waals surface area contributed by atoms with Crippen LogP contribution in [0, 0.1) is 5.92 Å². The Balaban J connectivity index is 1.68. The van der Waals surface area contributed by atoms with Crippen LogP contribution >= 0.6 is 11.8 Å². The molecule has 0 bridgehead atoms. The number of hydrogen-bond donors (Lipinski definition) is 1. The largest absolute Gasteiger partial charge is 0.376 e. The smallest absolute Gasteiger partial charge is 0.228 e. The molecule has 2 N–H and O–H groups in total. The molecule has 0 aliphatic carbocycles. The maximum Gasteiger partial charge on any atom is 0.228 e. The van der Waals surface area contributed by atoms with Crippen molar-refractivity contribution >= 4 is 27.7 Å². The average Bonchev–Trinajstić information content (AvgIpc) is 3.23. The topological polar surface area (TPSA) is 103 Å². The second-order valence-corrected chi connectivity index (χ2v) is 10.1. The minimum atomic E-state index is -3.41. The minimum Gasteiger partial charge on any atom is -0.376 e. The van der Waals surface area contributed by atoms with Gasteiger partial charge in [-0.3, -0.25) is 4.57 Å². The standard InChI is InChI=1S/C16H29N5O3S2/c1-13-5-7-20(8-6-13)15-18-19-16(25-10-3-11-26(17,22)23)21(15)12-14-4-2-9-24-14/h13-14H,2-12H2,1H3,(H2,17,22,23). The van der Waals surface area contributed by atoms with Crippen LogP contribution in [0.4, 0.5) is 5.95 Å². The van der Waals surface area contributed by atoms with Crippen molar-refractivity contribution in [3.05, 3.63) is 0 Å². The molecule has 3 heterocycles. The molecule has 148 valence electrons. The summed E-state index contributed by atoms with van der Waals surface area (Å²) in [5, 5.41) is 14.7. The molecule has 26 heavy (non-hydrogen) atoms. The maximum absolute atomic E-state index is 11.1. The summed E-state index contributed by atoms with van der Waals surface area (Å²) in [6.45, 7) is 5.87. The third-order valence-electron chi connectivity index (χ3n) is 4.98. The Labute approximate surface area is 159 Å². The summed E-state index contributed by atoms with van der Waals surface area (Å²) in [7, 11) is -3.41. The first-order chi connectivity index (χ1) is 12.4. The van der Waals surface area contributed by atoms with Gasteiger partial charge in [0.15, 0.2) is 5.16 Å². The van der Waals surface area contributed by atoms with Crippen LogP contribution in [0.2, 0.25) is 0 Å². The first-order valence-electron chi connectivity index (χ1n) is 9.35. The van der Waals surface area contributed by atoms with Crippen LogP contribution in [0.1, 0.15) is 39.0 Å². The van der Waals surface area contributed by atoms with Crippen LogP contribution < -0.4 is 10.0 Å². The Hall–Kier alpha value is -0.840. The highest BCUT2D eigenvalue weighted by Crippen LogP contribution is 2.28. The number of anilines is 1. The van der Waals surface area contributed by atoms with Crippen LogP contribution in [0.3, 0.4) is 0 Å². The molecular formula is C16H29N5O3S2. The van der Waals surface area contributed by atoms with Crippen molar-refractivity contribution in [1.29, 1.82) is 0 Å². The Morgan fingerprint density at radius 3 is 2.69 bits per heavy atom. The van der Waals surface area contributed by atoms with E-state index in [1.807, 2.05) is 0 Å². The van der Waals surface area contributed by atoms with Crippen molar-refractivity contribution in [2.45, 2.75) is 56.8 Å². The zero-order valence-electron chi connectivity index (χ0n) is 15.3. The Kier molecular flexibility index (Phi) is 6.81. The highest BCUT2D eigenvalue weighted by molar-refractivity contribution is 7.99. The van der Waals surface area contributed by atoms with Gasteiger partial charge in [-0.25, -0.2) is 13.6 Å². The molecule has 0 aromatic carbocycles. The van der Waals surface area contributed by atoms with Crippen molar-refractivity contribution in [2.24, 2.45) is 11.1 Å². The van der Waals surface area contributed by atoms with E-state index >= 15 is 0 Å². The molecule has 1 atom stereocenters. The highest BCUT2D eigenvalue weighted by atomic mass is 32.2. The zero-order chi connectivity index (χ0) is 18.6. The van der Waals surface area contributed by atoms with Gasteiger partial charge in [0.1, 0.15) is 0 Å². The van der Waals surface area contributed by atoms with Crippen molar-refractivity contribution in [3.63, 3.8) is 0 Å². The van der Waals surface area contributed by atoms with E-state index in [4.69, 9.17) is 9.88 Å². The number of ether oxygens (including phenoxy) is 1. The molecule has 10 heteroatoms. The molecule has 2 aliphatic heterocycles. The van der Waals surface area contributed by atoms with E-state index in [-0.39, 0.29) is 11.9 Å². The first-order valence-corrected chi connectivity index (χ1v) is 12.1. The Bertz CT molecular complexity index is 680. The lowest BCUT2D eigenvalue weighted by Gasteiger charge is -2.31. The zero-order valence-corrected chi connectivity index (χ0v) is 17.0. The van der Waals surface area contributed by atoms with Crippen LogP contribution in [-0.2, 0) is 21.3 Å². The second-order valence-electron chi connectivity index (χ2n) is 7.27. The molecule has 0 radical (unpaired) electrons. The lowest BCUT2D eigenvalue weighted by Crippen LogP contribution is -2.35. The third-order valence-corrected chi connectivity index (χ3v) is 6.89. The number of aromatic nitrogens is 3. The second kappa shape index (κ2) is 8.90. The van der Waals surface area contributed by atoms with Gasteiger partial charge in [0, 0.05) is 25.4 Å². The van der Waals surface area contributed by atoms with E-state index < -0.39 is 10.0 Å². The maximum atomic E-state index is 11.1. The fourth-order valence-corrected chi connectivity index (χ4v) is 5.02. The van der Waals surface area contributed by atoms with Gasteiger partial charge < -0.3 is 9.64 Å². The number of rotatable bonds is 8. The molecule has 0 spiro atoms. The van der Waals surface area contributed by atoms with E-state index in [1.54, 1.807) is 11.8 Å². The molecule has 0 saturated carbocycles. The summed E-state index contributed by atoms with van der Waals surface area (Å²) in [5.41, 5.74) is 0. The number of primary sulfonamides is 1. The SMILES string of the molecule is CC1CCN(c2nnc(SCCCS(N)(=O)=O)n2CC2CCCO2)CC1. The molecule has 2 aliphatic rings. The van der Waals surface area contributed by atoms with E-state index in [1.165, 1.54) is 12.8 Å². The van der Waals surface area contributed by atoms with Crippen LogP contribution in [0.5, 0.6) is 0 Å². The predicted molar refractivity (Wildman–Crippen MR) is 103 cm³/mol. The Morgan fingerprint density at radius 1 is 1.27 bits per heavy atom. The average molecular weight is 404 g/mol. The molecule has 2 saturated heterocycles. The number of thioether (sulfide) groups is 1. The van der Waals surface area contributed by atoms with E-state index in [9.17, 15) is 8.42 Å². The molecule has 1 aromatic heterocycles. The van der Waals surface area contributed by atoms with Gasteiger partial charge in [0.05, 0.1) is 18.4 Å². The van der Waals surface area contributed by atoms with E-state index in [0.717, 1.165) is 56.1 Å². The van der Waals surface area contributed by atoms with Gasteiger partial charge in [0.25, 0.3) is 0 Å². The number of nitrogens with two attached hydrogens (primary N) is 1. The normalized spacial score (nSPS) is 22.2. The van der Waals surface area contributed by atoms with Gasteiger partial charge in [-0.05, 0) is 38.0 Å². The molecule has 2 fully saturated rings. The number of nitrogens with zero attached hydrogens (tertiary/aromatic N) is 4. The number of hydrogen-bond acceptors (Lipinski definition) is 7. The highest BCUT2D eigenvalue weighted by Gasteiger charge is 2.25.